The molecule has 0 aliphatic carbocycles. The molecular formula is C13H16SSi. The van der Waals surface area contributed by atoms with E-state index >= 15 is 0 Å². The third-order valence-electron chi connectivity index (χ3n) is 1.55. The zero-order valence-corrected chi connectivity index (χ0v) is 11.3. The maximum atomic E-state index is 3.30. The lowest BCUT2D eigenvalue weighted by atomic mass is 10.4. The molecule has 0 aliphatic heterocycles. The van der Waals surface area contributed by atoms with Crippen LogP contribution in [0.2, 0.25) is 19.6 Å². The molecule has 0 spiro atoms. The van der Waals surface area contributed by atoms with Gasteiger partial charge in [0.15, 0.2) is 0 Å². The Bertz CT molecular complexity index is 376. The molecule has 0 amide bonds. The summed E-state index contributed by atoms with van der Waals surface area (Å²) in [6.45, 7) is 6.74. The highest BCUT2D eigenvalue weighted by Gasteiger charge is 2.06. The molecule has 1 rings (SSSR count). The highest BCUT2D eigenvalue weighted by Crippen LogP contribution is 2.17. The number of allylic oxidation sites excluding steroid dienone is 1. The van der Waals surface area contributed by atoms with Gasteiger partial charge in [-0.05, 0) is 23.6 Å². The lowest BCUT2D eigenvalue weighted by Gasteiger charge is -2.02. The van der Waals surface area contributed by atoms with E-state index in [-0.39, 0.29) is 0 Å². The molecule has 0 nitrogen and oxygen atoms in total. The Morgan fingerprint density at radius 1 is 1.13 bits per heavy atom. The van der Waals surface area contributed by atoms with Crippen molar-refractivity contribution >= 4 is 19.8 Å². The highest BCUT2D eigenvalue weighted by molar-refractivity contribution is 8.02. The summed E-state index contributed by atoms with van der Waals surface area (Å²) < 4.78 is 0. The number of hydrogen-bond donors (Lipinski definition) is 0. The van der Waals surface area contributed by atoms with Crippen molar-refractivity contribution in [1.29, 1.82) is 0 Å². The monoisotopic (exact) mass is 232 g/mol. The van der Waals surface area contributed by atoms with E-state index in [2.05, 4.69) is 43.2 Å². The largest absolute Gasteiger partial charge is 0.129 e. The molecule has 1 aromatic carbocycles. The van der Waals surface area contributed by atoms with E-state index in [0.29, 0.717) is 0 Å². The van der Waals surface area contributed by atoms with Crippen molar-refractivity contribution in [2.24, 2.45) is 0 Å². The van der Waals surface area contributed by atoms with Gasteiger partial charge >= 0.3 is 0 Å². The molecule has 0 fully saturated rings. The molecule has 0 bridgehead atoms. The van der Waals surface area contributed by atoms with Crippen LogP contribution in [0.25, 0.3) is 0 Å². The second-order valence-electron chi connectivity index (χ2n) is 4.25. The highest BCUT2D eigenvalue weighted by atomic mass is 32.2. The first-order valence-corrected chi connectivity index (χ1v) is 9.35. The molecule has 2 heteroatoms. The van der Waals surface area contributed by atoms with Gasteiger partial charge in [0.1, 0.15) is 8.07 Å². The van der Waals surface area contributed by atoms with Gasteiger partial charge in [-0.3, -0.25) is 0 Å². The van der Waals surface area contributed by atoms with E-state index in [4.69, 9.17) is 0 Å². The summed E-state index contributed by atoms with van der Waals surface area (Å²) in [6, 6.07) is 10.3. The molecule has 0 radical (unpaired) electrons. The topological polar surface area (TPSA) is 0 Å². The summed E-state index contributed by atoms with van der Waals surface area (Å²) in [5, 5.41) is 2.04. The van der Waals surface area contributed by atoms with Gasteiger partial charge < -0.3 is 0 Å². The van der Waals surface area contributed by atoms with Crippen molar-refractivity contribution < 1.29 is 0 Å². The van der Waals surface area contributed by atoms with Crippen molar-refractivity contribution in [3.05, 3.63) is 41.8 Å². The van der Waals surface area contributed by atoms with Crippen LogP contribution >= 0.6 is 11.8 Å². The van der Waals surface area contributed by atoms with Crippen LogP contribution in [0.5, 0.6) is 0 Å². The lowest BCUT2D eigenvalue weighted by Crippen LogP contribution is -2.16. The van der Waals surface area contributed by atoms with Crippen molar-refractivity contribution in [3.63, 3.8) is 0 Å². The minimum Gasteiger partial charge on any atom is -0.127 e. The van der Waals surface area contributed by atoms with Crippen LogP contribution < -0.4 is 0 Å². The molecule has 78 valence electrons. The average molecular weight is 232 g/mol. The van der Waals surface area contributed by atoms with Crippen molar-refractivity contribution in [3.8, 4) is 11.5 Å². The van der Waals surface area contributed by atoms with Gasteiger partial charge in [-0.25, -0.2) is 0 Å². The normalized spacial score (nSPS) is 11.1. The van der Waals surface area contributed by atoms with Gasteiger partial charge in [0.25, 0.3) is 0 Å². The summed E-state index contributed by atoms with van der Waals surface area (Å²) in [4.78, 5) is 1.25. The SMILES string of the molecule is C[Si](C)(C)C#C/C=C/Sc1ccccc1. The predicted octanol–water partition coefficient (Wildman–Crippen LogP) is 4.17. The van der Waals surface area contributed by atoms with E-state index < -0.39 is 8.07 Å². The minimum atomic E-state index is -1.21. The Labute approximate surface area is 97.8 Å². The molecule has 1 aromatic rings. The molecule has 0 saturated heterocycles. The van der Waals surface area contributed by atoms with Gasteiger partial charge in [0.2, 0.25) is 0 Å². The fraction of sp³-hybridized carbons (Fsp3) is 0.231. The van der Waals surface area contributed by atoms with E-state index in [1.165, 1.54) is 4.90 Å². The van der Waals surface area contributed by atoms with E-state index in [0.717, 1.165) is 0 Å². The third kappa shape index (κ3) is 6.22. The fourth-order valence-electron chi connectivity index (χ4n) is 0.904. The first-order valence-electron chi connectivity index (χ1n) is 4.97. The smallest absolute Gasteiger partial charge is 0.127 e. The first kappa shape index (κ1) is 12.2. The lowest BCUT2D eigenvalue weighted by molar-refractivity contribution is 1.47. The molecule has 0 N–H and O–H groups in total. The number of hydrogen-bond acceptors (Lipinski definition) is 1. The Morgan fingerprint density at radius 3 is 2.40 bits per heavy atom. The van der Waals surface area contributed by atoms with E-state index in [1.807, 2.05) is 29.7 Å². The zero-order chi connectivity index (χ0) is 11.1. The van der Waals surface area contributed by atoms with Crippen LogP contribution in [-0.2, 0) is 0 Å². The Morgan fingerprint density at radius 2 is 1.80 bits per heavy atom. The van der Waals surface area contributed by atoms with E-state index in [9.17, 15) is 0 Å². The van der Waals surface area contributed by atoms with Crippen molar-refractivity contribution in [2.75, 3.05) is 0 Å². The zero-order valence-electron chi connectivity index (χ0n) is 9.45. The predicted molar refractivity (Wildman–Crippen MR) is 72.6 cm³/mol. The second kappa shape index (κ2) is 5.84. The summed E-state index contributed by atoms with van der Waals surface area (Å²) in [5.41, 5.74) is 3.30. The van der Waals surface area contributed by atoms with Crippen LogP contribution in [-0.4, -0.2) is 8.07 Å². The van der Waals surface area contributed by atoms with Crippen LogP contribution in [0, 0.1) is 11.5 Å². The second-order valence-corrected chi connectivity index (χ2v) is 9.98. The molecule has 0 aliphatic rings. The van der Waals surface area contributed by atoms with Gasteiger partial charge in [-0.1, -0.05) is 55.5 Å². The molecule has 15 heavy (non-hydrogen) atoms. The Hall–Kier alpha value is -0.913. The van der Waals surface area contributed by atoms with Crippen molar-refractivity contribution in [2.45, 2.75) is 24.5 Å². The van der Waals surface area contributed by atoms with E-state index in [1.54, 1.807) is 11.8 Å². The summed E-state index contributed by atoms with van der Waals surface area (Å²) in [6.07, 6.45) is 1.94. The summed E-state index contributed by atoms with van der Waals surface area (Å²) >= 11 is 1.70. The number of rotatable bonds is 2. The Balaban J connectivity index is 2.44. The van der Waals surface area contributed by atoms with Gasteiger partial charge in [-0.15, -0.1) is 5.54 Å². The molecular weight excluding hydrogens is 216 g/mol. The van der Waals surface area contributed by atoms with Gasteiger partial charge in [0, 0.05) is 4.90 Å². The Kier molecular flexibility index (Phi) is 4.74. The average Bonchev–Trinajstić information content (AvgIpc) is 2.17. The third-order valence-corrected chi connectivity index (χ3v) is 3.26. The molecule has 0 saturated carbocycles. The number of thioether (sulfide) groups is 1. The number of benzene rings is 1. The van der Waals surface area contributed by atoms with Crippen LogP contribution in [0.1, 0.15) is 0 Å². The standard InChI is InChI=1S/C13H16SSi/c1-15(2,3)12-8-7-11-14-13-9-5-4-6-10-13/h4-7,9-11H,1-3H3/b11-7+. The van der Waals surface area contributed by atoms with Crippen LogP contribution in [0.15, 0.2) is 46.7 Å². The molecule has 0 aromatic heterocycles. The van der Waals surface area contributed by atoms with Crippen LogP contribution in [0.4, 0.5) is 0 Å². The quantitative estimate of drug-likeness (QED) is 0.419. The molecule has 0 heterocycles. The van der Waals surface area contributed by atoms with Gasteiger partial charge in [0.05, 0.1) is 0 Å². The maximum absolute atomic E-state index is 3.30. The van der Waals surface area contributed by atoms with Crippen LogP contribution in [0.3, 0.4) is 0 Å². The van der Waals surface area contributed by atoms with Crippen molar-refractivity contribution in [1.82, 2.24) is 0 Å². The maximum Gasteiger partial charge on any atom is 0.129 e. The summed E-state index contributed by atoms with van der Waals surface area (Å²) in [5.74, 6) is 3.11. The minimum absolute atomic E-state index is 1.21. The summed E-state index contributed by atoms with van der Waals surface area (Å²) in [7, 11) is -1.21. The fourth-order valence-corrected chi connectivity index (χ4v) is 2.03. The molecule has 0 atom stereocenters. The first-order chi connectivity index (χ1) is 7.08. The molecule has 0 unspecified atom stereocenters. The van der Waals surface area contributed by atoms with Gasteiger partial charge in [-0.2, -0.15) is 0 Å².